The number of hydrogen-bond acceptors (Lipinski definition) is 4. The van der Waals surface area contributed by atoms with Crippen LogP contribution in [0.4, 0.5) is 4.39 Å². The summed E-state index contributed by atoms with van der Waals surface area (Å²) in [4.78, 5) is 0. The minimum Gasteiger partial charge on any atom is -0.329 e. The van der Waals surface area contributed by atoms with Crippen molar-refractivity contribution in [3.63, 3.8) is 0 Å². The molecular weight excluding hydrogens is 263 g/mol. The number of rotatable bonds is 5. The van der Waals surface area contributed by atoms with E-state index in [9.17, 15) is 4.39 Å². The van der Waals surface area contributed by atoms with Crippen molar-refractivity contribution in [1.82, 2.24) is 14.8 Å². The highest BCUT2D eigenvalue weighted by molar-refractivity contribution is 7.98. The summed E-state index contributed by atoms with van der Waals surface area (Å²) >= 11 is 1.59. The third-order valence-corrected chi connectivity index (χ3v) is 3.93. The molecule has 2 N–H and O–H groups in total. The molecule has 0 atom stereocenters. The summed E-state index contributed by atoms with van der Waals surface area (Å²) in [6.45, 7) is 5.09. The lowest BCUT2D eigenvalue weighted by molar-refractivity contribution is 0.625. The van der Waals surface area contributed by atoms with E-state index in [0.717, 1.165) is 27.9 Å². The second-order valence-electron chi connectivity index (χ2n) is 4.33. The van der Waals surface area contributed by atoms with Gasteiger partial charge in [-0.3, -0.25) is 0 Å². The Morgan fingerprint density at radius 2 is 2.11 bits per heavy atom. The topological polar surface area (TPSA) is 56.7 Å². The molecule has 0 saturated carbocycles. The van der Waals surface area contributed by atoms with Crippen molar-refractivity contribution < 1.29 is 4.39 Å². The Morgan fingerprint density at radius 3 is 2.79 bits per heavy atom. The van der Waals surface area contributed by atoms with Crippen LogP contribution in [0.15, 0.2) is 23.4 Å². The van der Waals surface area contributed by atoms with Gasteiger partial charge in [-0.25, -0.2) is 4.39 Å². The maximum Gasteiger partial charge on any atom is 0.191 e. The molecule has 102 valence electrons. The van der Waals surface area contributed by atoms with Gasteiger partial charge in [-0.2, -0.15) is 0 Å². The second-order valence-corrected chi connectivity index (χ2v) is 5.27. The first-order valence-corrected chi connectivity index (χ1v) is 7.08. The van der Waals surface area contributed by atoms with Gasteiger partial charge in [-0.15, -0.1) is 10.2 Å². The van der Waals surface area contributed by atoms with Crippen molar-refractivity contribution in [3.05, 3.63) is 41.0 Å². The summed E-state index contributed by atoms with van der Waals surface area (Å²) in [5, 5.41) is 9.06. The zero-order chi connectivity index (χ0) is 13.8. The quantitative estimate of drug-likeness (QED) is 0.854. The molecule has 0 fully saturated rings. The van der Waals surface area contributed by atoms with Crippen LogP contribution in [0.5, 0.6) is 0 Å². The van der Waals surface area contributed by atoms with E-state index < -0.39 is 0 Å². The normalized spacial score (nSPS) is 10.9. The minimum atomic E-state index is -0.201. The summed E-state index contributed by atoms with van der Waals surface area (Å²) in [6, 6.07) is 4.85. The lowest BCUT2D eigenvalue weighted by Crippen LogP contribution is -2.12. The maximum absolute atomic E-state index is 13.0. The summed E-state index contributed by atoms with van der Waals surface area (Å²) in [5.74, 6) is 1.41. The van der Waals surface area contributed by atoms with Crippen LogP contribution in [-0.2, 0) is 12.3 Å². The number of aryl methyl sites for hydroxylation is 2. The molecular formula is C13H17FN4S. The highest BCUT2D eigenvalue weighted by Gasteiger charge is 2.09. The molecule has 1 heterocycles. The number of nitrogens with two attached hydrogens (primary N) is 1. The van der Waals surface area contributed by atoms with Crippen molar-refractivity contribution in [3.8, 4) is 0 Å². The van der Waals surface area contributed by atoms with E-state index in [1.807, 2.05) is 24.5 Å². The molecule has 6 heteroatoms. The van der Waals surface area contributed by atoms with Gasteiger partial charge in [0.25, 0.3) is 0 Å². The fourth-order valence-corrected chi connectivity index (χ4v) is 2.90. The standard InChI is InChI=1S/C13H17FN4S/c1-9-7-12(14)4-3-11(9)8-19-13-17-16-10(2)18(13)6-5-15/h3-4,7H,5-6,8,15H2,1-2H3. The Labute approximate surface area is 116 Å². The molecule has 0 unspecified atom stereocenters. The molecule has 2 rings (SSSR count). The van der Waals surface area contributed by atoms with Crippen LogP contribution >= 0.6 is 11.8 Å². The molecule has 2 aromatic rings. The van der Waals surface area contributed by atoms with Crippen molar-refractivity contribution in [2.24, 2.45) is 5.73 Å². The van der Waals surface area contributed by atoms with Gasteiger partial charge in [0.2, 0.25) is 0 Å². The third-order valence-electron chi connectivity index (χ3n) is 2.92. The largest absolute Gasteiger partial charge is 0.329 e. The van der Waals surface area contributed by atoms with E-state index in [4.69, 9.17) is 5.73 Å². The SMILES string of the molecule is Cc1cc(F)ccc1CSc1nnc(C)n1CCN. The molecule has 0 aliphatic carbocycles. The van der Waals surface area contributed by atoms with Crippen LogP contribution in [0.1, 0.15) is 17.0 Å². The van der Waals surface area contributed by atoms with Gasteiger partial charge in [0.1, 0.15) is 11.6 Å². The highest BCUT2D eigenvalue weighted by Crippen LogP contribution is 2.23. The average molecular weight is 280 g/mol. The monoisotopic (exact) mass is 280 g/mol. The molecule has 0 radical (unpaired) electrons. The molecule has 0 spiro atoms. The molecule has 1 aromatic carbocycles. The highest BCUT2D eigenvalue weighted by atomic mass is 32.2. The first-order chi connectivity index (χ1) is 9.11. The fraction of sp³-hybridized carbons (Fsp3) is 0.385. The van der Waals surface area contributed by atoms with Gasteiger partial charge < -0.3 is 10.3 Å². The lowest BCUT2D eigenvalue weighted by atomic mass is 10.1. The first-order valence-electron chi connectivity index (χ1n) is 6.09. The lowest BCUT2D eigenvalue weighted by Gasteiger charge is -2.08. The first kappa shape index (κ1) is 14.0. The average Bonchev–Trinajstić information content (AvgIpc) is 2.71. The van der Waals surface area contributed by atoms with Crippen molar-refractivity contribution >= 4 is 11.8 Å². The molecule has 19 heavy (non-hydrogen) atoms. The summed E-state index contributed by atoms with van der Waals surface area (Å²) < 4.78 is 15.0. The van der Waals surface area contributed by atoms with E-state index >= 15 is 0 Å². The summed E-state index contributed by atoms with van der Waals surface area (Å²) in [7, 11) is 0. The van der Waals surface area contributed by atoms with Gasteiger partial charge in [-0.05, 0) is 37.1 Å². The Balaban J connectivity index is 2.10. The number of thioether (sulfide) groups is 1. The molecule has 0 bridgehead atoms. The second kappa shape index (κ2) is 6.16. The minimum absolute atomic E-state index is 0.201. The van der Waals surface area contributed by atoms with Crippen LogP contribution in [0.25, 0.3) is 0 Å². The van der Waals surface area contributed by atoms with Gasteiger partial charge in [-0.1, -0.05) is 17.8 Å². The van der Waals surface area contributed by atoms with Crippen molar-refractivity contribution in [2.45, 2.75) is 31.3 Å². The summed E-state index contributed by atoms with van der Waals surface area (Å²) in [5.41, 5.74) is 7.63. The zero-order valence-electron chi connectivity index (χ0n) is 11.1. The van der Waals surface area contributed by atoms with Crippen LogP contribution in [-0.4, -0.2) is 21.3 Å². The molecule has 0 amide bonds. The molecule has 1 aromatic heterocycles. The molecule has 0 aliphatic rings. The maximum atomic E-state index is 13.0. The number of hydrogen-bond donors (Lipinski definition) is 1. The van der Waals surface area contributed by atoms with Crippen molar-refractivity contribution in [1.29, 1.82) is 0 Å². The van der Waals surface area contributed by atoms with E-state index in [0.29, 0.717) is 13.1 Å². The van der Waals surface area contributed by atoms with Crippen LogP contribution < -0.4 is 5.73 Å². The van der Waals surface area contributed by atoms with Crippen LogP contribution in [0, 0.1) is 19.7 Å². The number of halogens is 1. The number of benzene rings is 1. The third kappa shape index (κ3) is 3.33. The Kier molecular flexibility index (Phi) is 4.55. The van der Waals surface area contributed by atoms with E-state index in [-0.39, 0.29) is 5.82 Å². The van der Waals surface area contributed by atoms with Crippen molar-refractivity contribution in [2.75, 3.05) is 6.54 Å². The number of aromatic nitrogens is 3. The van der Waals surface area contributed by atoms with Gasteiger partial charge in [0.15, 0.2) is 5.16 Å². The molecule has 0 saturated heterocycles. The van der Waals surface area contributed by atoms with E-state index in [1.54, 1.807) is 17.8 Å². The van der Waals surface area contributed by atoms with Crippen LogP contribution in [0.3, 0.4) is 0 Å². The van der Waals surface area contributed by atoms with E-state index in [1.165, 1.54) is 6.07 Å². The van der Waals surface area contributed by atoms with Crippen LogP contribution in [0.2, 0.25) is 0 Å². The van der Waals surface area contributed by atoms with Gasteiger partial charge >= 0.3 is 0 Å². The fourth-order valence-electron chi connectivity index (χ4n) is 1.82. The predicted octanol–water partition coefficient (Wildman–Crippen LogP) is 2.29. The predicted molar refractivity (Wildman–Crippen MR) is 74.5 cm³/mol. The Morgan fingerprint density at radius 1 is 1.32 bits per heavy atom. The Bertz CT molecular complexity index is 568. The smallest absolute Gasteiger partial charge is 0.191 e. The van der Waals surface area contributed by atoms with E-state index in [2.05, 4.69) is 10.2 Å². The molecule has 0 aliphatic heterocycles. The van der Waals surface area contributed by atoms with Gasteiger partial charge in [0.05, 0.1) is 0 Å². The summed E-state index contributed by atoms with van der Waals surface area (Å²) in [6.07, 6.45) is 0. The molecule has 4 nitrogen and oxygen atoms in total. The number of nitrogens with zero attached hydrogens (tertiary/aromatic N) is 3. The van der Waals surface area contributed by atoms with Gasteiger partial charge in [0, 0.05) is 18.8 Å². The Hall–Kier alpha value is -1.40. The zero-order valence-corrected chi connectivity index (χ0v) is 11.9.